The van der Waals surface area contributed by atoms with Crippen molar-refractivity contribution in [2.24, 2.45) is 4.99 Å². The molecule has 1 aromatic rings. The molecular weight excluding hydrogens is 423 g/mol. The molecule has 0 unspecified atom stereocenters. The number of benzene rings is 1. The summed E-state index contributed by atoms with van der Waals surface area (Å²) in [5, 5.41) is 6.54. The van der Waals surface area contributed by atoms with E-state index in [0.717, 1.165) is 18.4 Å². The smallest absolute Gasteiger partial charge is 0.213 e. The summed E-state index contributed by atoms with van der Waals surface area (Å²) in [4.78, 5) is 4.51. The van der Waals surface area contributed by atoms with Crippen molar-refractivity contribution in [3.63, 3.8) is 0 Å². The van der Waals surface area contributed by atoms with Gasteiger partial charge in [-0.1, -0.05) is 6.07 Å². The van der Waals surface area contributed by atoms with E-state index in [2.05, 4.69) is 31.6 Å². The molecule has 0 aromatic heterocycles. The van der Waals surface area contributed by atoms with E-state index in [1.807, 2.05) is 13.0 Å². The van der Waals surface area contributed by atoms with Gasteiger partial charge in [-0.15, -0.1) is 0 Å². The summed E-state index contributed by atoms with van der Waals surface area (Å²) >= 11 is 3.14. The van der Waals surface area contributed by atoms with Crippen molar-refractivity contribution in [1.82, 2.24) is 14.9 Å². The van der Waals surface area contributed by atoms with E-state index in [1.54, 1.807) is 17.3 Å². The Bertz CT molecular complexity index is 734. The van der Waals surface area contributed by atoms with E-state index in [9.17, 15) is 12.8 Å². The summed E-state index contributed by atoms with van der Waals surface area (Å²) in [6.07, 6.45) is 1.47. The number of halogens is 2. The molecular formula is C17H26BrFN4O2S. The lowest BCUT2D eigenvalue weighted by Gasteiger charge is -2.32. The molecule has 2 rings (SSSR count). The summed E-state index contributed by atoms with van der Waals surface area (Å²) in [6, 6.07) is 5.13. The van der Waals surface area contributed by atoms with E-state index in [4.69, 9.17) is 0 Å². The minimum absolute atomic E-state index is 0.138. The third-order valence-corrected chi connectivity index (χ3v) is 6.83. The summed E-state index contributed by atoms with van der Waals surface area (Å²) in [7, 11) is -3.12. The molecule has 0 spiro atoms. The Labute approximate surface area is 163 Å². The standard InChI is InChI=1S/C17H26BrFN4O2S/c1-3-20-17(21-12-13-5-6-15(18)16(19)11-13)22-14-7-9-23(10-8-14)26(24,25)4-2/h5-6,11,14H,3-4,7-10,12H2,1-2H3,(H2,20,21,22). The van der Waals surface area contributed by atoms with Crippen molar-refractivity contribution >= 4 is 31.9 Å². The molecule has 9 heteroatoms. The Morgan fingerprint density at radius 3 is 2.62 bits per heavy atom. The maximum absolute atomic E-state index is 13.6. The minimum Gasteiger partial charge on any atom is -0.357 e. The van der Waals surface area contributed by atoms with Crippen LogP contribution in [-0.4, -0.2) is 50.1 Å². The van der Waals surface area contributed by atoms with Crippen LogP contribution in [0.15, 0.2) is 27.7 Å². The zero-order valence-corrected chi connectivity index (χ0v) is 17.5. The Morgan fingerprint density at radius 2 is 2.04 bits per heavy atom. The van der Waals surface area contributed by atoms with Crippen molar-refractivity contribution < 1.29 is 12.8 Å². The van der Waals surface area contributed by atoms with Gasteiger partial charge >= 0.3 is 0 Å². The molecule has 1 aliphatic heterocycles. The van der Waals surface area contributed by atoms with Gasteiger partial charge in [0.1, 0.15) is 5.82 Å². The van der Waals surface area contributed by atoms with Crippen LogP contribution in [0.25, 0.3) is 0 Å². The number of hydrogen-bond acceptors (Lipinski definition) is 3. The average Bonchev–Trinajstić information content (AvgIpc) is 2.63. The SMILES string of the molecule is CCNC(=NCc1ccc(Br)c(F)c1)NC1CCN(S(=O)(=O)CC)CC1. The first-order chi connectivity index (χ1) is 12.4. The quantitative estimate of drug-likeness (QED) is 0.517. The first kappa shape index (κ1) is 21.1. The molecule has 0 saturated carbocycles. The van der Waals surface area contributed by atoms with E-state index >= 15 is 0 Å². The molecule has 0 radical (unpaired) electrons. The number of piperidine rings is 1. The number of guanidine groups is 1. The van der Waals surface area contributed by atoms with E-state index in [-0.39, 0.29) is 17.6 Å². The van der Waals surface area contributed by atoms with Crippen LogP contribution in [0.3, 0.4) is 0 Å². The highest BCUT2D eigenvalue weighted by molar-refractivity contribution is 9.10. The number of nitrogens with one attached hydrogen (secondary N) is 2. The third-order valence-electron chi connectivity index (χ3n) is 4.30. The molecule has 26 heavy (non-hydrogen) atoms. The van der Waals surface area contributed by atoms with Gasteiger partial charge in [-0.3, -0.25) is 0 Å². The predicted molar refractivity (Wildman–Crippen MR) is 106 cm³/mol. The van der Waals surface area contributed by atoms with Gasteiger partial charge < -0.3 is 10.6 Å². The van der Waals surface area contributed by atoms with Crippen molar-refractivity contribution in [1.29, 1.82) is 0 Å². The van der Waals surface area contributed by atoms with Crippen LogP contribution >= 0.6 is 15.9 Å². The summed E-state index contributed by atoms with van der Waals surface area (Å²) in [5.74, 6) is 0.492. The second-order valence-corrected chi connectivity index (χ2v) is 9.27. The first-order valence-electron chi connectivity index (χ1n) is 8.82. The van der Waals surface area contributed by atoms with Crippen LogP contribution in [-0.2, 0) is 16.6 Å². The van der Waals surface area contributed by atoms with Crippen molar-refractivity contribution in [3.8, 4) is 0 Å². The maximum atomic E-state index is 13.6. The molecule has 2 N–H and O–H groups in total. The zero-order chi connectivity index (χ0) is 19.2. The molecule has 0 aliphatic carbocycles. The van der Waals surface area contributed by atoms with Crippen LogP contribution in [0, 0.1) is 5.82 Å². The maximum Gasteiger partial charge on any atom is 0.213 e. The Hall–Kier alpha value is -1.19. The van der Waals surface area contributed by atoms with E-state index < -0.39 is 10.0 Å². The first-order valence-corrected chi connectivity index (χ1v) is 11.2. The van der Waals surface area contributed by atoms with Crippen molar-refractivity contribution in [2.45, 2.75) is 39.3 Å². The van der Waals surface area contributed by atoms with Crippen LogP contribution in [0.2, 0.25) is 0 Å². The Kier molecular flexibility index (Phi) is 7.85. The fourth-order valence-corrected chi connectivity index (χ4v) is 4.16. The average molecular weight is 449 g/mol. The highest BCUT2D eigenvalue weighted by Crippen LogP contribution is 2.17. The lowest BCUT2D eigenvalue weighted by Crippen LogP contribution is -2.50. The largest absolute Gasteiger partial charge is 0.357 e. The van der Waals surface area contributed by atoms with Crippen LogP contribution in [0.5, 0.6) is 0 Å². The Morgan fingerprint density at radius 1 is 1.35 bits per heavy atom. The van der Waals surface area contributed by atoms with Crippen LogP contribution < -0.4 is 10.6 Å². The molecule has 1 aromatic carbocycles. The number of aliphatic imine (C=N–C) groups is 1. The fourth-order valence-electron chi connectivity index (χ4n) is 2.78. The van der Waals surface area contributed by atoms with Gasteiger partial charge in [0.05, 0.1) is 16.8 Å². The highest BCUT2D eigenvalue weighted by Gasteiger charge is 2.26. The van der Waals surface area contributed by atoms with Gasteiger partial charge in [-0.2, -0.15) is 0 Å². The molecule has 1 aliphatic rings. The van der Waals surface area contributed by atoms with Crippen LogP contribution in [0.1, 0.15) is 32.3 Å². The second kappa shape index (κ2) is 9.66. The number of rotatable bonds is 6. The van der Waals surface area contributed by atoms with Crippen molar-refractivity contribution in [3.05, 3.63) is 34.1 Å². The molecule has 146 valence electrons. The monoisotopic (exact) mass is 448 g/mol. The van der Waals surface area contributed by atoms with E-state index in [1.165, 1.54) is 6.07 Å². The van der Waals surface area contributed by atoms with Gasteiger partial charge in [-0.25, -0.2) is 22.1 Å². The zero-order valence-electron chi connectivity index (χ0n) is 15.1. The summed E-state index contributed by atoms with van der Waals surface area (Å²) < 4.78 is 39.5. The van der Waals surface area contributed by atoms with Gasteiger partial charge in [0.2, 0.25) is 10.0 Å². The van der Waals surface area contributed by atoms with Crippen molar-refractivity contribution in [2.75, 3.05) is 25.4 Å². The van der Waals surface area contributed by atoms with Gasteiger partial charge in [-0.05, 0) is 60.3 Å². The number of nitrogens with zero attached hydrogens (tertiary/aromatic N) is 2. The molecule has 0 amide bonds. The normalized spacial score (nSPS) is 17.3. The second-order valence-electron chi connectivity index (χ2n) is 6.16. The fraction of sp³-hybridized carbons (Fsp3) is 0.588. The minimum atomic E-state index is -3.12. The molecule has 0 bridgehead atoms. The molecule has 1 saturated heterocycles. The summed E-state index contributed by atoms with van der Waals surface area (Å²) in [5.41, 5.74) is 0.784. The molecule has 6 nitrogen and oxygen atoms in total. The van der Waals surface area contributed by atoms with Gasteiger partial charge in [0.15, 0.2) is 5.96 Å². The highest BCUT2D eigenvalue weighted by atomic mass is 79.9. The molecule has 1 heterocycles. The molecule has 1 fully saturated rings. The lowest BCUT2D eigenvalue weighted by molar-refractivity contribution is 0.306. The topological polar surface area (TPSA) is 73.8 Å². The summed E-state index contributed by atoms with van der Waals surface area (Å²) in [6.45, 7) is 5.76. The predicted octanol–water partition coefficient (Wildman–Crippen LogP) is 2.46. The molecule has 0 atom stereocenters. The third kappa shape index (κ3) is 5.92. The van der Waals surface area contributed by atoms with E-state index in [0.29, 0.717) is 36.6 Å². The van der Waals surface area contributed by atoms with Gasteiger partial charge in [0, 0.05) is 25.7 Å². The van der Waals surface area contributed by atoms with Gasteiger partial charge in [0.25, 0.3) is 0 Å². The Balaban J connectivity index is 1.94. The lowest BCUT2D eigenvalue weighted by atomic mass is 10.1. The number of sulfonamides is 1. The number of hydrogen-bond donors (Lipinski definition) is 2. The van der Waals surface area contributed by atoms with Crippen LogP contribution in [0.4, 0.5) is 4.39 Å².